The molecule has 0 bridgehead atoms. The number of rotatable bonds is 3. The lowest BCUT2D eigenvalue weighted by atomic mass is 10.1. The number of anilines is 1. The van der Waals surface area contributed by atoms with Gasteiger partial charge in [0.05, 0.1) is 0 Å². The summed E-state index contributed by atoms with van der Waals surface area (Å²) in [6.07, 6.45) is 0. The molecular formula is C15H13NO2S. The Morgan fingerprint density at radius 1 is 1.05 bits per heavy atom. The molecular weight excluding hydrogens is 258 g/mol. The molecule has 1 aromatic heterocycles. The fraction of sp³-hybridized carbons (Fsp3) is 0.0667. The summed E-state index contributed by atoms with van der Waals surface area (Å²) in [5.74, 6) is -0.154. The van der Waals surface area contributed by atoms with Crippen molar-refractivity contribution in [3.8, 4) is 11.5 Å². The van der Waals surface area contributed by atoms with Crippen molar-refractivity contribution in [2.75, 3.05) is 5.32 Å². The van der Waals surface area contributed by atoms with Crippen LogP contribution in [0, 0.1) is 0 Å². The van der Waals surface area contributed by atoms with Gasteiger partial charge in [0.15, 0.2) is 11.5 Å². The molecule has 0 amide bonds. The van der Waals surface area contributed by atoms with Crippen LogP contribution in [0.1, 0.15) is 5.56 Å². The predicted molar refractivity (Wildman–Crippen MR) is 78.9 cm³/mol. The molecule has 4 heteroatoms. The zero-order valence-corrected chi connectivity index (χ0v) is 10.9. The van der Waals surface area contributed by atoms with E-state index in [0.717, 1.165) is 5.69 Å². The maximum Gasteiger partial charge on any atom is 0.162 e. The van der Waals surface area contributed by atoms with Gasteiger partial charge in [-0.3, -0.25) is 0 Å². The van der Waals surface area contributed by atoms with Gasteiger partial charge in [0.1, 0.15) is 0 Å². The molecule has 0 radical (unpaired) electrons. The van der Waals surface area contributed by atoms with Crippen molar-refractivity contribution < 1.29 is 10.2 Å². The molecule has 0 atom stereocenters. The van der Waals surface area contributed by atoms with Gasteiger partial charge in [-0.2, -0.15) is 0 Å². The third kappa shape index (κ3) is 2.35. The van der Waals surface area contributed by atoms with E-state index in [1.165, 1.54) is 16.2 Å². The van der Waals surface area contributed by atoms with Gasteiger partial charge in [-0.1, -0.05) is 12.1 Å². The molecule has 0 aliphatic heterocycles. The molecule has 0 unspecified atom stereocenters. The van der Waals surface area contributed by atoms with Crippen LogP contribution in [0.25, 0.3) is 10.1 Å². The van der Waals surface area contributed by atoms with E-state index in [9.17, 15) is 10.2 Å². The quantitative estimate of drug-likeness (QED) is 0.633. The molecule has 0 aliphatic rings. The Hall–Kier alpha value is -2.20. The lowest BCUT2D eigenvalue weighted by Crippen LogP contribution is -1.99. The normalized spacial score (nSPS) is 10.7. The molecule has 3 nitrogen and oxygen atoms in total. The fourth-order valence-electron chi connectivity index (χ4n) is 1.99. The van der Waals surface area contributed by atoms with E-state index in [-0.39, 0.29) is 11.5 Å². The average Bonchev–Trinajstić information content (AvgIpc) is 2.88. The smallest absolute Gasteiger partial charge is 0.162 e. The summed E-state index contributed by atoms with van der Waals surface area (Å²) in [4.78, 5) is 0. The molecule has 96 valence electrons. The van der Waals surface area contributed by atoms with Crippen LogP contribution in [-0.2, 0) is 6.54 Å². The molecule has 0 saturated heterocycles. The average molecular weight is 271 g/mol. The van der Waals surface area contributed by atoms with Crippen LogP contribution in [0.5, 0.6) is 11.5 Å². The molecule has 2 aromatic carbocycles. The van der Waals surface area contributed by atoms with Crippen molar-refractivity contribution >= 4 is 27.1 Å². The van der Waals surface area contributed by atoms with E-state index in [2.05, 4.69) is 28.9 Å². The van der Waals surface area contributed by atoms with Crippen LogP contribution >= 0.6 is 11.3 Å². The molecule has 0 aliphatic carbocycles. The van der Waals surface area contributed by atoms with E-state index >= 15 is 0 Å². The molecule has 1 heterocycles. The highest BCUT2D eigenvalue weighted by molar-refractivity contribution is 7.17. The first kappa shape index (κ1) is 11.9. The predicted octanol–water partition coefficient (Wildman–Crippen LogP) is 3.92. The van der Waals surface area contributed by atoms with Crippen molar-refractivity contribution in [3.63, 3.8) is 0 Å². The van der Waals surface area contributed by atoms with Crippen LogP contribution in [-0.4, -0.2) is 10.2 Å². The number of phenols is 2. The Kier molecular flexibility index (Phi) is 3.01. The summed E-state index contributed by atoms with van der Waals surface area (Å²) in [6, 6.07) is 13.2. The number of benzene rings is 2. The minimum atomic E-state index is -0.0902. The van der Waals surface area contributed by atoms with Gasteiger partial charge >= 0.3 is 0 Å². The van der Waals surface area contributed by atoms with Crippen molar-refractivity contribution in [1.29, 1.82) is 0 Å². The lowest BCUT2D eigenvalue weighted by Gasteiger charge is -2.09. The lowest BCUT2D eigenvalue weighted by molar-refractivity contribution is 0.400. The topological polar surface area (TPSA) is 52.5 Å². The second-order valence-electron chi connectivity index (χ2n) is 4.31. The van der Waals surface area contributed by atoms with Crippen LogP contribution in [0.4, 0.5) is 5.69 Å². The first-order valence-corrected chi connectivity index (χ1v) is 6.83. The van der Waals surface area contributed by atoms with Gasteiger partial charge < -0.3 is 15.5 Å². The summed E-state index contributed by atoms with van der Waals surface area (Å²) in [5.41, 5.74) is 1.67. The van der Waals surface area contributed by atoms with Crippen LogP contribution in [0.15, 0.2) is 47.8 Å². The van der Waals surface area contributed by atoms with E-state index < -0.39 is 0 Å². The van der Waals surface area contributed by atoms with Gasteiger partial charge in [0.25, 0.3) is 0 Å². The zero-order chi connectivity index (χ0) is 13.2. The molecule has 0 spiro atoms. The zero-order valence-electron chi connectivity index (χ0n) is 10.1. The Balaban J connectivity index is 1.80. The van der Waals surface area contributed by atoms with Crippen molar-refractivity contribution in [1.82, 2.24) is 0 Å². The number of fused-ring (bicyclic) bond motifs is 1. The minimum absolute atomic E-state index is 0.0633. The highest BCUT2D eigenvalue weighted by atomic mass is 32.1. The molecule has 3 aromatic rings. The molecule has 0 fully saturated rings. The number of phenolic OH excluding ortho intramolecular Hbond substituents is 2. The number of hydrogen-bond donors (Lipinski definition) is 3. The largest absolute Gasteiger partial charge is 0.504 e. The van der Waals surface area contributed by atoms with Crippen LogP contribution in [0.2, 0.25) is 0 Å². The number of hydrogen-bond acceptors (Lipinski definition) is 4. The highest BCUT2D eigenvalue weighted by Gasteiger charge is 2.05. The standard InChI is InChI=1S/C15H13NO2S/c17-13-3-1-2-11(15(13)18)9-16-12-4-5-14-10(8-12)6-7-19-14/h1-8,16-18H,9H2. The third-order valence-corrected chi connectivity index (χ3v) is 3.93. The number of nitrogens with one attached hydrogen (secondary N) is 1. The van der Waals surface area contributed by atoms with E-state index in [1.54, 1.807) is 23.5 Å². The Morgan fingerprint density at radius 2 is 1.95 bits per heavy atom. The summed E-state index contributed by atoms with van der Waals surface area (Å²) in [5, 5.41) is 25.7. The van der Waals surface area contributed by atoms with E-state index in [4.69, 9.17) is 0 Å². The van der Waals surface area contributed by atoms with E-state index in [1.807, 2.05) is 6.07 Å². The first-order valence-electron chi connectivity index (χ1n) is 5.95. The Bertz CT molecular complexity index is 721. The number of aromatic hydroxyl groups is 2. The third-order valence-electron chi connectivity index (χ3n) is 3.03. The summed E-state index contributed by atoms with van der Waals surface area (Å²) in [7, 11) is 0. The van der Waals surface area contributed by atoms with Gasteiger partial charge in [-0.05, 0) is 41.1 Å². The first-order chi connectivity index (χ1) is 9.24. The second kappa shape index (κ2) is 4.82. The van der Waals surface area contributed by atoms with Crippen molar-refractivity contribution in [3.05, 3.63) is 53.4 Å². The Morgan fingerprint density at radius 3 is 2.84 bits per heavy atom. The second-order valence-corrected chi connectivity index (χ2v) is 5.26. The fourth-order valence-corrected chi connectivity index (χ4v) is 2.77. The van der Waals surface area contributed by atoms with Crippen molar-refractivity contribution in [2.45, 2.75) is 6.54 Å². The van der Waals surface area contributed by atoms with E-state index in [0.29, 0.717) is 12.1 Å². The van der Waals surface area contributed by atoms with Gasteiger partial charge in [0.2, 0.25) is 0 Å². The van der Waals surface area contributed by atoms with Crippen LogP contribution in [0.3, 0.4) is 0 Å². The van der Waals surface area contributed by atoms with Gasteiger partial charge in [-0.25, -0.2) is 0 Å². The summed E-state index contributed by atoms with van der Waals surface area (Å²) in [6.45, 7) is 0.468. The highest BCUT2D eigenvalue weighted by Crippen LogP contribution is 2.29. The monoisotopic (exact) mass is 271 g/mol. The summed E-state index contributed by atoms with van der Waals surface area (Å²) < 4.78 is 1.26. The molecule has 19 heavy (non-hydrogen) atoms. The van der Waals surface area contributed by atoms with Crippen molar-refractivity contribution in [2.24, 2.45) is 0 Å². The molecule has 3 rings (SSSR count). The minimum Gasteiger partial charge on any atom is -0.504 e. The summed E-state index contributed by atoms with van der Waals surface area (Å²) >= 11 is 1.71. The Labute approximate surface area is 114 Å². The molecule has 0 saturated carbocycles. The number of para-hydroxylation sites is 1. The maximum atomic E-state index is 9.73. The van der Waals surface area contributed by atoms with Crippen LogP contribution < -0.4 is 5.32 Å². The SMILES string of the molecule is Oc1cccc(CNc2ccc3sccc3c2)c1O. The van der Waals surface area contributed by atoms with Gasteiger partial charge in [-0.15, -0.1) is 11.3 Å². The molecule has 3 N–H and O–H groups in total. The van der Waals surface area contributed by atoms with Gasteiger partial charge in [0, 0.05) is 22.5 Å². The number of thiophene rings is 1. The maximum absolute atomic E-state index is 9.73.